The van der Waals surface area contributed by atoms with Crippen molar-refractivity contribution >= 4 is 23.5 Å². The van der Waals surface area contributed by atoms with E-state index in [0.29, 0.717) is 18.2 Å². The highest BCUT2D eigenvalue weighted by atomic mass is 35.5. The van der Waals surface area contributed by atoms with Crippen LogP contribution in [0.15, 0.2) is 18.2 Å². The van der Waals surface area contributed by atoms with Gasteiger partial charge in [0, 0.05) is 5.02 Å². The Morgan fingerprint density at radius 2 is 1.00 bits per heavy atom. The Labute approximate surface area is 206 Å². The van der Waals surface area contributed by atoms with Gasteiger partial charge < -0.3 is 9.47 Å². The number of halogens is 1. The van der Waals surface area contributed by atoms with Crippen molar-refractivity contribution in [3.8, 4) is 0 Å². The molecule has 0 N–H and O–H groups in total. The molecular weight excluding hydrogens is 436 g/mol. The maximum atomic E-state index is 12.6. The number of carbonyl (C=O) groups is 2. The minimum Gasteiger partial charge on any atom is -0.462 e. The fourth-order valence-corrected chi connectivity index (χ4v) is 3.99. The first-order valence-corrected chi connectivity index (χ1v) is 13.6. The van der Waals surface area contributed by atoms with Crippen LogP contribution in [-0.2, 0) is 9.47 Å². The Bertz CT molecular complexity index is 659. The molecule has 0 fully saturated rings. The minimum atomic E-state index is -0.514. The first kappa shape index (κ1) is 29.5. The van der Waals surface area contributed by atoms with E-state index in [1.165, 1.54) is 76.7 Å². The summed E-state index contributed by atoms with van der Waals surface area (Å²) >= 11 is 6.07. The maximum absolute atomic E-state index is 12.6. The average molecular weight is 481 g/mol. The van der Waals surface area contributed by atoms with Gasteiger partial charge in [-0.3, -0.25) is 0 Å². The lowest BCUT2D eigenvalue weighted by Crippen LogP contribution is -2.15. The molecule has 0 bridgehead atoms. The Hall–Kier alpha value is -1.55. The van der Waals surface area contributed by atoms with Crippen LogP contribution in [0.2, 0.25) is 5.02 Å². The predicted octanol–water partition coefficient (Wildman–Crippen LogP) is 8.94. The second-order valence-electron chi connectivity index (χ2n) is 8.91. The molecule has 0 atom stereocenters. The maximum Gasteiger partial charge on any atom is 0.339 e. The minimum absolute atomic E-state index is 0.183. The van der Waals surface area contributed by atoms with Crippen molar-refractivity contribution in [2.45, 2.75) is 117 Å². The number of esters is 2. The van der Waals surface area contributed by atoms with E-state index in [2.05, 4.69) is 13.8 Å². The third-order valence-corrected chi connectivity index (χ3v) is 6.12. The van der Waals surface area contributed by atoms with Crippen LogP contribution in [0.4, 0.5) is 0 Å². The van der Waals surface area contributed by atoms with Crippen molar-refractivity contribution in [2.24, 2.45) is 0 Å². The molecule has 0 aromatic heterocycles. The van der Waals surface area contributed by atoms with E-state index in [1.54, 1.807) is 12.1 Å². The van der Waals surface area contributed by atoms with E-state index in [9.17, 15) is 9.59 Å². The monoisotopic (exact) mass is 480 g/mol. The largest absolute Gasteiger partial charge is 0.462 e. The molecule has 5 heteroatoms. The van der Waals surface area contributed by atoms with Gasteiger partial charge in [-0.25, -0.2) is 9.59 Å². The number of carbonyl (C=O) groups excluding carboxylic acids is 2. The van der Waals surface area contributed by atoms with Crippen LogP contribution >= 0.6 is 11.6 Å². The fourth-order valence-electron chi connectivity index (χ4n) is 3.82. The van der Waals surface area contributed by atoms with E-state index < -0.39 is 11.9 Å². The molecule has 0 saturated heterocycles. The quantitative estimate of drug-likeness (QED) is 0.138. The molecule has 33 heavy (non-hydrogen) atoms. The lowest BCUT2D eigenvalue weighted by molar-refractivity contribution is 0.0450. The van der Waals surface area contributed by atoms with E-state index in [1.807, 2.05) is 0 Å². The Kier molecular flexibility index (Phi) is 17.8. The van der Waals surface area contributed by atoms with Gasteiger partial charge in [0.1, 0.15) is 0 Å². The average Bonchev–Trinajstić information content (AvgIpc) is 2.81. The molecule has 0 amide bonds. The van der Waals surface area contributed by atoms with Gasteiger partial charge in [-0.2, -0.15) is 0 Å². The molecule has 0 radical (unpaired) electrons. The summed E-state index contributed by atoms with van der Waals surface area (Å²) in [6, 6.07) is 4.64. The molecule has 0 aliphatic rings. The van der Waals surface area contributed by atoms with Gasteiger partial charge in [-0.05, 0) is 31.0 Å². The fraction of sp³-hybridized carbons (Fsp3) is 0.714. The molecule has 1 aromatic carbocycles. The summed E-state index contributed by atoms with van der Waals surface area (Å²) in [5.74, 6) is -1.01. The van der Waals surface area contributed by atoms with Crippen LogP contribution in [-0.4, -0.2) is 25.2 Å². The van der Waals surface area contributed by atoms with Gasteiger partial charge in [0.25, 0.3) is 0 Å². The molecule has 188 valence electrons. The summed E-state index contributed by atoms with van der Waals surface area (Å²) in [4.78, 5) is 25.1. The van der Waals surface area contributed by atoms with Gasteiger partial charge in [0.05, 0.1) is 24.3 Å². The number of ether oxygens (including phenoxy) is 2. The summed E-state index contributed by atoms with van der Waals surface area (Å²) < 4.78 is 10.8. The number of benzene rings is 1. The molecule has 0 aliphatic heterocycles. The van der Waals surface area contributed by atoms with Crippen LogP contribution < -0.4 is 0 Å². The van der Waals surface area contributed by atoms with E-state index in [0.717, 1.165) is 32.1 Å². The van der Waals surface area contributed by atoms with Gasteiger partial charge in [0.15, 0.2) is 0 Å². The number of hydrogen-bond donors (Lipinski definition) is 0. The Morgan fingerprint density at radius 1 is 0.606 bits per heavy atom. The highest BCUT2D eigenvalue weighted by Crippen LogP contribution is 2.19. The third kappa shape index (κ3) is 14.3. The van der Waals surface area contributed by atoms with Crippen molar-refractivity contribution in [3.63, 3.8) is 0 Å². The van der Waals surface area contributed by atoms with E-state index in [-0.39, 0.29) is 11.1 Å². The number of hydrogen-bond acceptors (Lipinski definition) is 4. The molecule has 0 heterocycles. The summed E-state index contributed by atoms with van der Waals surface area (Å²) in [6.07, 6.45) is 18.9. The van der Waals surface area contributed by atoms with E-state index >= 15 is 0 Å². The van der Waals surface area contributed by atoms with Gasteiger partial charge >= 0.3 is 11.9 Å². The highest BCUT2D eigenvalue weighted by Gasteiger charge is 2.20. The molecule has 1 rings (SSSR count). The molecular formula is C28H45ClO4. The van der Waals surface area contributed by atoms with Crippen molar-refractivity contribution in [1.82, 2.24) is 0 Å². The standard InChI is InChI=1S/C28H45ClO4/c1-3-5-7-9-11-13-15-17-21-32-27(30)25-20-19-24(29)23-26(25)28(31)33-22-18-16-14-12-10-8-6-4-2/h19-20,23H,3-18,21-22H2,1-2H3. The predicted molar refractivity (Wildman–Crippen MR) is 137 cm³/mol. The van der Waals surface area contributed by atoms with Gasteiger partial charge in [0.2, 0.25) is 0 Å². The molecule has 1 aromatic rings. The third-order valence-electron chi connectivity index (χ3n) is 5.88. The lowest BCUT2D eigenvalue weighted by Gasteiger charge is -2.10. The lowest BCUT2D eigenvalue weighted by atomic mass is 10.1. The van der Waals surface area contributed by atoms with Crippen LogP contribution in [0.25, 0.3) is 0 Å². The smallest absolute Gasteiger partial charge is 0.339 e. The molecule has 0 aliphatic carbocycles. The highest BCUT2D eigenvalue weighted by molar-refractivity contribution is 6.31. The Balaban J connectivity index is 2.32. The van der Waals surface area contributed by atoms with Crippen LogP contribution in [0.5, 0.6) is 0 Å². The van der Waals surface area contributed by atoms with Gasteiger partial charge in [-0.15, -0.1) is 0 Å². The zero-order valence-electron chi connectivity index (χ0n) is 21.0. The second kappa shape index (κ2) is 19.9. The van der Waals surface area contributed by atoms with E-state index in [4.69, 9.17) is 21.1 Å². The van der Waals surface area contributed by atoms with Crippen molar-refractivity contribution < 1.29 is 19.1 Å². The normalized spacial score (nSPS) is 10.9. The number of rotatable bonds is 20. The zero-order chi connectivity index (χ0) is 24.2. The molecule has 0 saturated carbocycles. The summed E-state index contributed by atoms with van der Waals surface area (Å²) in [7, 11) is 0. The summed E-state index contributed by atoms with van der Waals surface area (Å²) in [5, 5.41) is 0.397. The van der Waals surface area contributed by atoms with Crippen LogP contribution in [0.1, 0.15) is 137 Å². The van der Waals surface area contributed by atoms with Crippen LogP contribution in [0.3, 0.4) is 0 Å². The van der Waals surface area contributed by atoms with Crippen molar-refractivity contribution in [3.05, 3.63) is 34.3 Å². The zero-order valence-corrected chi connectivity index (χ0v) is 21.7. The van der Waals surface area contributed by atoms with Crippen molar-refractivity contribution in [1.29, 1.82) is 0 Å². The molecule has 0 unspecified atom stereocenters. The number of unbranched alkanes of at least 4 members (excludes halogenated alkanes) is 14. The summed E-state index contributed by atoms with van der Waals surface area (Å²) in [5.41, 5.74) is 0.405. The summed E-state index contributed by atoms with van der Waals surface area (Å²) in [6.45, 7) is 5.16. The molecule has 4 nitrogen and oxygen atoms in total. The van der Waals surface area contributed by atoms with Crippen molar-refractivity contribution in [2.75, 3.05) is 13.2 Å². The SMILES string of the molecule is CCCCCCCCCCOC(=O)c1ccc(Cl)cc1C(=O)OCCCCCCCCCC. The topological polar surface area (TPSA) is 52.6 Å². The van der Waals surface area contributed by atoms with Crippen LogP contribution in [0, 0.1) is 0 Å². The second-order valence-corrected chi connectivity index (χ2v) is 9.35. The Morgan fingerprint density at radius 3 is 1.45 bits per heavy atom. The first-order valence-electron chi connectivity index (χ1n) is 13.2. The molecule has 0 spiro atoms. The first-order chi connectivity index (χ1) is 16.1. The van der Waals surface area contributed by atoms with Gasteiger partial charge in [-0.1, -0.05) is 115 Å².